The van der Waals surface area contributed by atoms with Gasteiger partial charge in [-0.3, -0.25) is 4.79 Å². The van der Waals surface area contributed by atoms with Gasteiger partial charge in [0.1, 0.15) is 18.2 Å². The number of nitrogens with zero attached hydrogens (tertiary/aromatic N) is 2. The molecule has 0 saturated carbocycles. The van der Waals surface area contributed by atoms with Crippen LogP contribution in [0.2, 0.25) is 0 Å². The van der Waals surface area contributed by atoms with Crippen molar-refractivity contribution in [2.45, 2.75) is 77.5 Å². The summed E-state index contributed by atoms with van der Waals surface area (Å²) in [5.74, 6) is -0.0638. The monoisotopic (exact) mass is 508 g/mol. The molecule has 3 rings (SSSR count). The van der Waals surface area contributed by atoms with Crippen molar-refractivity contribution < 1.29 is 23.9 Å². The number of fused-ring (bicyclic) bond motifs is 1. The summed E-state index contributed by atoms with van der Waals surface area (Å²) >= 11 is 0. The number of carbonyl (C=O) groups is 3. The summed E-state index contributed by atoms with van der Waals surface area (Å²) < 4.78 is 10.6. The maximum atomic E-state index is 12.6. The molecule has 37 heavy (non-hydrogen) atoms. The second kappa shape index (κ2) is 13.5. The van der Waals surface area contributed by atoms with Crippen molar-refractivity contribution in [3.8, 4) is 0 Å². The van der Waals surface area contributed by atoms with Crippen LogP contribution < -0.4 is 10.6 Å². The van der Waals surface area contributed by atoms with Crippen molar-refractivity contribution in [1.82, 2.24) is 15.6 Å². The number of rotatable bonds is 11. The molecule has 0 aliphatic carbocycles. The number of aliphatic imine (C=N–C) groups is 1. The van der Waals surface area contributed by atoms with Crippen molar-refractivity contribution in [2.24, 2.45) is 4.99 Å². The van der Waals surface area contributed by atoms with E-state index in [0.717, 1.165) is 42.8 Å². The van der Waals surface area contributed by atoms with Crippen LogP contribution in [-0.4, -0.2) is 47.4 Å². The number of pyridine rings is 1. The van der Waals surface area contributed by atoms with Crippen LogP contribution in [0.15, 0.2) is 47.5 Å². The molecule has 1 unspecified atom stereocenters. The molecular weight excluding hydrogens is 472 g/mol. The van der Waals surface area contributed by atoms with E-state index in [0.29, 0.717) is 12.8 Å². The molecule has 0 fully saturated rings. The lowest BCUT2D eigenvalue weighted by atomic mass is 10.1. The zero-order valence-corrected chi connectivity index (χ0v) is 21.8. The van der Waals surface area contributed by atoms with E-state index in [1.54, 1.807) is 20.8 Å². The summed E-state index contributed by atoms with van der Waals surface area (Å²) in [6, 6.07) is 12.2. The maximum absolute atomic E-state index is 12.6. The van der Waals surface area contributed by atoms with E-state index >= 15 is 0 Å². The first-order chi connectivity index (χ1) is 17.7. The van der Waals surface area contributed by atoms with Gasteiger partial charge in [-0.2, -0.15) is 0 Å². The Morgan fingerprint density at radius 1 is 1.05 bits per heavy atom. The fourth-order valence-corrected chi connectivity index (χ4v) is 3.70. The summed E-state index contributed by atoms with van der Waals surface area (Å²) in [6.45, 7) is 5.16. The molecule has 9 nitrogen and oxygen atoms in total. The Balaban J connectivity index is 1.43. The highest BCUT2D eigenvalue weighted by atomic mass is 16.6. The fraction of sp³-hybridized carbons (Fsp3) is 0.464. The molecule has 1 aliphatic rings. The van der Waals surface area contributed by atoms with Gasteiger partial charge in [-0.1, -0.05) is 36.4 Å². The SMILES string of the molecule is CC(C)(C)OC(=O)C(CNC(=O)CCCCc1ccc2c(n1)N=CCC2)NC(=O)OCc1ccccc1. The second-order valence-electron chi connectivity index (χ2n) is 9.94. The molecule has 0 bridgehead atoms. The topological polar surface area (TPSA) is 119 Å². The van der Waals surface area contributed by atoms with E-state index in [4.69, 9.17) is 9.47 Å². The fourth-order valence-electron chi connectivity index (χ4n) is 3.70. The molecule has 1 aromatic heterocycles. The van der Waals surface area contributed by atoms with Crippen LogP contribution in [0.1, 0.15) is 63.3 Å². The highest BCUT2D eigenvalue weighted by Gasteiger charge is 2.27. The van der Waals surface area contributed by atoms with Crippen LogP contribution in [0.4, 0.5) is 10.6 Å². The molecule has 1 aliphatic heterocycles. The third kappa shape index (κ3) is 10.0. The number of hydrogen-bond donors (Lipinski definition) is 2. The minimum absolute atomic E-state index is 0.0610. The zero-order chi connectivity index (χ0) is 26.7. The van der Waals surface area contributed by atoms with E-state index in [1.807, 2.05) is 42.6 Å². The number of aromatic nitrogens is 1. The Bertz CT molecular complexity index is 1100. The number of ether oxygens (including phenoxy) is 2. The van der Waals surface area contributed by atoms with E-state index in [9.17, 15) is 14.4 Å². The van der Waals surface area contributed by atoms with Gasteiger partial charge in [0, 0.05) is 24.9 Å². The molecule has 0 saturated heterocycles. The molecule has 0 radical (unpaired) electrons. The quantitative estimate of drug-likeness (QED) is 0.347. The number of amides is 2. The molecule has 1 aromatic carbocycles. The van der Waals surface area contributed by atoms with Gasteiger partial charge >= 0.3 is 12.1 Å². The molecule has 2 heterocycles. The Hall–Kier alpha value is -3.75. The summed E-state index contributed by atoms with van der Waals surface area (Å²) in [6.07, 6.45) is 5.55. The minimum Gasteiger partial charge on any atom is -0.458 e. The van der Waals surface area contributed by atoms with Gasteiger partial charge in [0.05, 0.1) is 0 Å². The van der Waals surface area contributed by atoms with Crippen molar-refractivity contribution in [3.05, 3.63) is 59.3 Å². The van der Waals surface area contributed by atoms with Crippen molar-refractivity contribution >= 4 is 30.0 Å². The Kier molecular flexibility index (Phi) is 10.2. The molecular formula is C28H36N4O5. The van der Waals surface area contributed by atoms with E-state index in [2.05, 4.69) is 26.7 Å². The first-order valence-corrected chi connectivity index (χ1v) is 12.7. The Labute approximate surface area is 218 Å². The van der Waals surface area contributed by atoms with Crippen molar-refractivity contribution in [3.63, 3.8) is 0 Å². The maximum Gasteiger partial charge on any atom is 0.408 e. The molecule has 1 atom stereocenters. The van der Waals surface area contributed by atoms with Crippen molar-refractivity contribution in [1.29, 1.82) is 0 Å². The minimum atomic E-state index is -1.08. The predicted molar refractivity (Wildman–Crippen MR) is 141 cm³/mol. The second-order valence-corrected chi connectivity index (χ2v) is 9.94. The predicted octanol–water partition coefficient (Wildman–Crippen LogP) is 4.20. The third-order valence-corrected chi connectivity index (χ3v) is 5.56. The number of hydrogen-bond acceptors (Lipinski definition) is 7. The highest BCUT2D eigenvalue weighted by molar-refractivity contribution is 5.83. The number of unbranched alkanes of at least 4 members (excludes halogenated alkanes) is 1. The van der Waals surface area contributed by atoms with Crippen molar-refractivity contribution in [2.75, 3.05) is 6.54 Å². The summed E-state index contributed by atoms with van der Waals surface area (Å²) in [5, 5.41) is 5.23. The van der Waals surface area contributed by atoms with Gasteiger partial charge < -0.3 is 20.1 Å². The molecule has 9 heteroatoms. The molecule has 2 N–H and O–H groups in total. The van der Waals surface area contributed by atoms with E-state index in [1.165, 1.54) is 5.56 Å². The Morgan fingerprint density at radius 2 is 1.84 bits per heavy atom. The largest absolute Gasteiger partial charge is 0.458 e. The lowest BCUT2D eigenvalue weighted by Crippen LogP contribution is -2.50. The first-order valence-electron chi connectivity index (χ1n) is 12.7. The smallest absolute Gasteiger partial charge is 0.408 e. The number of carbonyl (C=O) groups excluding carboxylic acids is 3. The van der Waals surface area contributed by atoms with E-state index < -0.39 is 23.7 Å². The third-order valence-electron chi connectivity index (χ3n) is 5.56. The number of aryl methyl sites for hydroxylation is 2. The van der Waals surface area contributed by atoms with Crippen LogP contribution in [0.3, 0.4) is 0 Å². The van der Waals surface area contributed by atoms with Crippen LogP contribution in [-0.2, 0) is 38.5 Å². The van der Waals surface area contributed by atoms with Gasteiger partial charge in [-0.15, -0.1) is 0 Å². The lowest BCUT2D eigenvalue weighted by molar-refractivity contribution is -0.157. The first kappa shape index (κ1) is 27.8. The molecule has 2 aromatic rings. The van der Waals surface area contributed by atoms with Gasteiger partial charge in [-0.05, 0) is 70.1 Å². The average Bonchev–Trinajstić information content (AvgIpc) is 2.87. The van der Waals surface area contributed by atoms with Gasteiger partial charge in [0.15, 0.2) is 5.82 Å². The number of benzene rings is 1. The average molecular weight is 509 g/mol. The summed E-state index contributed by atoms with van der Waals surface area (Å²) in [4.78, 5) is 46.3. The zero-order valence-electron chi connectivity index (χ0n) is 21.8. The van der Waals surface area contributed by atoms with Crippen LogP contribution in [0, 0.1) is 0 Å². The molecule has 198 valence electrons. The molecule has 2 amide bonds. The lowest BCUT2D eigenvalue weighted by Gasteiger charge is -2.24. The van der Waals surface area contributed by atoms with Gasteiger partial charge in [-0.25, -0.2) is 19.6 Å². The molecule has 0 spiro atoms. The van der Waals surface area contributed by atoms with Crippen LogP contribution >= 0.6 is 0 Å². The Morgan fingerprint density at radius 3 is 2.59 bits per heavy atom. The summed E-state index contributed by atoms with van der Waals surface area (Å²) in [5.41, 5.74) is 2.20. The highest BCUT2D eigenvalue weighted by Crippen LogP contribution is 2.22. The van der Waals surface area contributed by atoms with Crippen LogP contribution in [0.25, 0.3) is 0 Å². The standard InChI is InChI=1S/C28H36N4O5/c1-28(2,3)37-26(34)23(32-27(35)36-19-20-10-5-4-6-11-20)18-30-24(33)14-8-7-13-22-16-15-21-12-9-17-29-25(21)31-22/h4-6,10-11,15-17,23H,7-9,12-14,18-19H2,1-3H3,(H,30,33)(H,32,35). The number of alkyl carbamates (subject to hydrolysis) is 1. The number of esters is 1. The summed E-state index contributed by atoms with van der Waals surface area (Å²) in [7, 11) is 0. The van der Waals surface area contributed by atoms with Crippen LogP contribution in [0.5, 0.6) is 0 Å². The normalized spacial score (nSPS) is 13.3. The van der Waals surface area contributed by atoms with Gasteiger partial charge in [0.25, 0.3) is 0 Å². The number of nitrogens with one attached hydrogen (secondary N) is 2. The van der Waals surface area contributed by atoms with E-state index in [-0.39, 0.29) is 19.1 Å². The van der Waals surface area contributed by atoms with Gasteiger partial charge in [0.2, 0.25) is 5.91 Å².